The first-order valence-corrected chi connectivity index (χ1v) is 7.01. The number of nitrogens with zero attached hydrogens (tertiary/aromatic N) is 3. The van der Waals surface area contributed by atoms with Gasteiger partial charge < -0.3 is 0 Å². The van der Waals surface area contributed by atoms with E-state index in [-0.39, 0.29) is 5.54 Å². The number of hydrogen-bond donors (Lipinski definition) is 0. The van der Waals surface area contributed by atoms with E-state index in [1.807, 2.05) is 35.0 Å². The molecule has 0 bridgehead atoms. The molecule has 0 saturated carbocycles. The molecule has 0 aliphatic rings. The average Bonchev–Trinajstić information content (AvgIpc) is 2.73. The number of aryl methyl sites for hydroxylation is 1. The van der Waals surface area contributed by atoms with Gasteiger partial charge in [-0.2, -0.15) is 5.10 Å². The molecule has 1 aromatic carbocycles. The summed E-state index contributed by atoms with van der Waals surface area (Å²) in [6.45, 7) is 8.57. The lowest BCUT2D eigenvalue weighted by Crippen LogP contribution is -2.32. The quantitative estimate of drug-likeness (QED) is 0.814. The van der Waals surface area contributed by atoms with E-state index in [1.54, 1.807) is 11.3 Å². The molecule has 0 aliphatic heterocycles. The standard InChI is InChI=1S/C14H19N3S/c1-5-12-16-17(14(2,3)4)13(18-12)15-11-9-7-6-8-10-11/h6-10H,5H2,1-4H3. The highest BCUT2D eigenvalue weighted by atomic mass is 32.1. The predicted octanol–water partition coefficient (Wildman–Crippen LogP) is 3.49. The summed E-state index contributed by atoms with van der Waals surface area (Å²) in [5.41, 5.74) is 0.930. The van der Waals surface area contributed by atoms with E-state index in [4.69, 9.17) is 4.99 Å². The third-order valence-electron chi connectivity index (χ3n) is 2.52. The maximum atomic E-state index is 4.70. The van der Waals surface area contributed by atoms with Crippen molar-refractivity contribution in [3.8, 4) is 0 Å². The van der Waals surface area contributed by atoms with Crippen molar-refractivity contribution in [2.24, 2.45) is 4.99 Å². The topological polar surface area (TPSA) is 30.2 Å². The van der Waals surface area contributed by atoms with E-state index in [1.165, 1.54) is 0 Å². The molecule has 0 aliphatic carbocycles. The Kier molecular flexibility index (Phi) is 3.66. The zero-order valence-electron chi connectivity index (χ0n) is 11.3. The van der Waals surface area contributed by atoms with Crippen molar-refractivity contribution in [3.63, 3.8) is 0 Å². The molecule has 1 heterocycles. The SMILES string of the molecule is CCc1nn(C(C)(C)C)c(=Nc2ccccc2)s1. The minimum atomic E-state index is -0.0441. The van der Waals surface area contributed by atoms with Crippen LogP contribution in [0.1, 0.15) is 32.7 Å². The van der Waals surface area contributed by atoms with Gasteiger partial charge in [0, 0.05) is 0 Å². The van der Waals surface area contributed by atoms with Gasteiger partial charge in [0.05, 0.1) is 11.2 Å². The Morgan fingerprint density at radius 1 is 1.22 bits per heavy atom. The van der Waals surface area contributed by atoms with Gasteiger partial charge >= 0.3 is 0 Å². The molecule has 1 aromatic heterocycles. The van der Waals surface area contributed by atoms with Crippen molar-refractivity contribution in [3.05, 3.63) is 40.1 Å². The van der Waals surface area contributed by atoms with Gasteiger partial charge in [0.15, 0.2) is 0 Å². The van der Waals surface area contributed by atoms with Crippen LogP contribution < -0.4 is 4.80 Å². The molecule has 0 fully saturated rings. The summed E-state index contributed by atoms with van der Waals surface area (Å²) in [6, 6.07) is 10.0. The van der Waals surface area contributed by atoms with Crippen LogP contribution in [0.3, 0.4) is 0 Å². The monoisotopic (exact) mass is 261 g/mol. The molecule has 0 unspecified atom stereocenters. The van der Waals surface area contributed by atoms with Crippen LogP contribution in [0.2, 0.25) is 0 Å². The highest BCUT2D eigenvalue weighted by molar-refractivity contribution is 7.08. The molecule has 0 radical (unpaired) electrons. The van der Waals surface area contributed by atoms with E-state index in [0.29, 0.717) is 0 Å². The molecule has 3 nitrogen and oxygen atoms in total. The summed E-state index contributed by atoms with van der Waals surface area (Å²) in [7, 11) is 0. The smallest absolute Gasteiger partial charge is 0.208 e. The van der Waals surface area contributed by atoms with E-state index in [9.17, 15) is 0 Å². The minimum Gasteiger partial charge on any atom is -0.233 e. The molecule has 0 amide bonds. The second-order valence-electron chi connectivity index (χ2n) is 5.16. The van der Waals surface area contributed by atoms with Crippen LogP contribution >= 0.6 is 11.3 Å². The largest absolute Gasteiger partial charge is 0.233 e. The van der Waals surface area contributed by atoms with Crippen molar-refractivity contribution in [2.75, 3.05) is 0 Å². The molecule has 0 N–H and O–H groups in total. The summed E-state index contributed by atoms with van der Waals surface area (Å²) in [4.78, 5) is 5.66. The van der Waals surface area contributed by atoms with Crippen LogP contribution in [-0.4, -0.2) is 9.78 Å². The Bertz CT molecular complexity index is 573. The van der Waals surface area contributed by atoms with Crippen LogP contribution in [-0.2, 0) is 12.0 Å². The fourth-order valence-electron chi connectivity index (χ4n) is 1.59. The highest BCUT2D eigenvalue weighted by Crippen LogP contribution is 2.14. The lowest BCUT2D eigenvalue weighted by molar-refractivity contribution is 0.341. The molecule has 18 heavy (non-hydrogen) atoms. The molecule has 2 aromatic rings. The summed E-state index contributed by atoms with van der Waals surface area (Å²) in [5.74, 6) is 0. The van der Waals surface area contributed by atoms with Gasteiger partial charge in [0.1, 0.15) is 5.01 Å². The first-order chi connectivity index (χ1) is 8.50. The fraction of sp³-hybridized carbons (Fsp3) is 0.429. The second-order valence-corrected chi connectivity index (χ2v) is 6.20. The van der Waals surface area contributed by atoms with Gasteiger partial charge in [0.25, 0.3) is 0 Å². The Hall–Kier alpha value is -1.42. The normalized spacial score (nSPS) is 13.0. The van der Waals surface area contributed by atoms with Gasteiger partial charge in [-0.05, 0) is 39.3 Å². The third kappa shape index (κ3) is 2.88. The van der Waals surface area contributed by atoms with E-state index in [2.05, 4.69) is 32.8 Å². The molecule has 0 spiro atoms. The summed E-state index contributed by atoms with van der Waals surface area (Å²) < 4.78 is 2.02. The van der Waals surface area contributed by atoms with Crippen molar-refractivity contribution in [1.82, 2.24) is 9.78 Å². The summed E-state index contributed by atoms with van der Waals surface area (Å²) >= 11 is 1.67. The van der Waals surface area contributed by atoms with E-state index < -0.39 is 0 Å². The average molecular weight is 261 g/mol. The van der Waals surface area contributed by atoms with Gasteiger partial charge in [-0.3, -0.25) is 0 Å². The first-order valence-electron chi connectivity index (χ1n) is 6.20. The Morgan fingerprint density at radius 2 is 1.89 bits per heavy atom. The van der Waals surface area contributed by atoms with Crippen molar-refractivity contribution in [2.45, 2.75) is 39.7 Å². The molecule has 0 saturated heterocycles. The van der Waals surface area contributed by atoms with Crippen LogP contribution in [0.5, 0.6) is 0 Å². The first kappa shape index (κ1) is 13.0. The van der Waals surface area contributed by atoms with Crippen molar-refractivity contribution in [1.29, 1.82) is 0 Å². The number of para-hydroxylation sites is 1. The highest BCUT2D eigenvalue weighted by Gasteiger charge is 2.17. The number of hydrogen-bond acceptors (Lipinski definition) is 3. The lowest BCUT2D eigenvalue weighted by Gasteiger charge is -2.18. The molecule has 2 rings (SSSR count). The second kappa shape index (κ2) is 5.06. The maximum absolute atomic E-state index is 4.70. The van der Waals surface area contributed by atoms with Crippen LogP contribution in [0, 0.1) is 0 Å². The van der Waals surface area contributed by atoms with Gasteiger partial charge in [-0.15, -0.1) is 0 Å². The number of benzene rings is 1. The lowest BCUT2D eigenvalue weighted by atomic mass is 10.1. The van der Waals surface area contributed by atoms with Crippen molar-refractivity contribution >= 4 is 17.0 Å². The Balaban J connectivity index is 2.56. The Morgan fingerprint density at radius 3 is 2.44 bits per heavy atom. The molecular formula is C14H19N3S. The number of rotatable bonds is 2. The van der Waals surface area contributed by atoms with Gasteiger partial charge in [0.2, 0.25) is 4.80 Å². The van der Waals surface area contributed by atoms with E-state index in [0.717, 1.165) is 21.9 Å². The zero-order chi connectivity index (χ0) is 13.2. The summed E-state index contributed by atoms with van der Waals surface area (Å²) in [5, 5.41) is 5.76. The number of aromatic nitrogens is 2. The maximum Gasteiger partial charge on any atom is 0.208 e. The molecule has 4 heteroatoms. The zero-order valence-corrected chi connectivity index (χ0v) is 12.2. The van der Waals surface area contributed by atoms with Gasteiger partial charge in [-0.25, -0.2) is 9.67 Å². The minimum absolute atomic E-state index is 0.0441. The van der Waals surface area contributed by atoms with Gasteiger partial charge in [-0.1, -0.05) is 36.5 Å². The van der Waals surface area contributed by atoms with Crippen LogP contribution in [0.4, 0.5) is 5.69 Å². The van der Waals surface area contributed by atoms with Crippen molar-refractivity contribution < 1.29 is 0 Å². The molecule has 96 valence electrons. The molecular weight excluding hydrogens is 242 g/mol. The fourth-order valence-corrected chi connectivity index (χ4v) is 2.62. The molecule has 0 atom stereocenters. The third-order valence-corrected chi connectivity index (χ3v) is 3.57. The Labute approximate surface area is 112 Å². The van der Waals surface area contributed by atoms with Crippen LogP contribution in [0.15, 0.2) is 35.3 Å². The van der Waals surface area contributed by atoms with E-state index >= 15 is 0 Å². The predicted molar refractivity (Wildman–Crippen MR) is 76.1 cm³/mol. The van der Waals surface area contributed by atoms with Crippen LogP contribution in [0.25, 0.3) is 0 Å². The summed E-state index contributed by atoms with van der Waals surface area (Å²) in [6.07, 6.45) is 0.949.